The van der Waals surface area contributed by atoms with Crippen molar-refractivity contribution in [2.24, 2.45) is 4.99 Å². The lowest BCUT2D eigenvalue weighted by Crippen LogP contribution is -2.44. The highest BCUT2D eigenvalue weighted by Gasteiger charge is 2.20. The molecule has 24 heavy (non-hydrogen) atoms. The summed E-state index contributed by atoms with van der Waals surface area (Å²) in [6.07, 6.45) is -0.288. The number of guanidine groups is 1. The van der Waals surface area contributed by atoms with Gasteiger partial charge in [-0.2, -0.15) is 0 Å². The lowest BCUT2D eigenvalue weighted by molar-refractivity contribution is 0.0264. The molecule has 0 atom stereocenters. The molecule has 0 aromatic carbocycles. The number of nitrogens with one attached hydrogen (secondary N) is 2. The van der Waals surface area contributed by atoms with E-state index in [-0.39, 0.29) is 6.09 Å². The Bertz CT molecular complexity index is 549. The Kier molecular flexibility index (Phi) is 8.04. The molecule has 2 N–H and O–H groups in total. The number of rotatable bonds is 6. The summed E-state index contributed by atoms with van der Waals surface area (Å²) in [7, 11) is 1.74. The van der Waals surface area contributed by atoms with Crippen molar-refractivity contribution in [3.63, 3.8) is 0 Å². The number of likely N-dealkylation sites (N-methyl/N-ethyl adjacent to an activating group) is 1. The Morgan fingerprint density at radius 3 is 2.54 bits per heavy atom. The van der Waals surface area contributed by atoms with Crippen molar-refractivity contribution in [3.05, 3.63) is 21.9 Å². The second kappa shape index (κ2) is 9.52. The molecule has 1 rings (SSSR count). The molecule has 1 amide bonds. The van der Waals surface area contributed by atoms with Gasteiger partial charge < -0.3 is 20.3 Å². The molecule has 0 saturated carbocycles. The molecule has 0 bridgehead atoms. The molecule has 0 saturated heterocycles. The van der Waals surface area contributed by atoms with Crippen LogP contribution in [0.3, 0.4) is 0 Å². The normalized spacial score (nSPS) is 12.0. The third-order valence-corrected chi connectivity index (χ3v) is 4.16. The first-order valence-electron chi connectivity index (χ1n) is 8.23. The third kappa shape index (κ3) is 7.68. The molecule has 1 aromatic heterocycles. The third-order valence-electron chi connectivity index (χ3n) is 3.16. The van der Waals surface area contributed by atoms with Crippen molar-refractivity contribution in [1.29, 1.82) is 0 Å². The Morgan fingerprint density at radius 1 is 1.33 bits per heavy atom. The predicted octanol–water partition coefficient (Wildman–Crippen LogP) is 2.98. The van der Waals surface area contributed by atoms with Crippen molar-refractivity contribution in [2.75, 3.05) is 26.7 Å². The molecule has 136 valence electrons. The van der Waals surface area contributed by atoms with Gasteiger partial charge in [0.15, 0.2) is 5.96 Å². The number of carbonyl (C=O) groups excluding carboxylic acids is 1. The van der Waals surface area contributed by atoms with Crippen LogP contribution in [0.4, 0.5) is 4.79 Å². The molecule has 1 heterocycles. The molecule has 6 nitrogen and oxygen atoms in total. The van der Waals surface area contributed by atoms with Crippen molar-refractivity contribution < 1.29 is 9.53 Å². The molecule has 0 spiro atoms. The van der Waals surface area contributed by atoms with Crippen LogP contribution in [0, 0.1) is 6.92 Å². The summed E-state index contributed by atoms with van der Waals surface area (Å²) in [6.45, 7) is 12.2. The molecule has 7 heteroatoms. The molecule has 0 aliphatic heterocycles. The van der Waals surface area contributed by atoms with Gasteiger partial charge in [-0.25, -0.2) is 4.79 Å². The summed E-state index contributed by atoms with van der Waals surface area (Å²) in [6, 6.07) is 4.22. The molecular formula is C17H30N4O2S. The minimum absolute atomic E-state index is 0.288. The van der Waals surface area contributed by atoms with Crippen LogP contribution in [0.15, 0.2) is 17.1 Å². The van der Waals surface area contributed by atoms with E-state index in [1.54, 1.807) is 23.3 Å². The van der Waals surface area contributed by atoms with Gasteiger partial charge in [-0.05, 0) is 46.8 Å². The molecule has 1 aromatic rings. The van der Waals surface area contributed by atoms with Crippen LogP contribution in [0.2, 0.25) is 0 Å². The van der Waals surface area contributed by atoms with E-state index in [0.717, 1.165) is 12.5 Å². The highest BCUT2D eigenvalue weighted by molar-refractivity contribution is 7.11. The van der Waals surface area contributed by atoms with Crippen molar-refractivity contribution >= 4 is 23.4 Å². The maximum absolute atomic E-state index is 12.1. The number of aryl methyl sites for hydroxylation is 1. The number of carbonyl (C=O) groups is 1. The number of hydrogen-bond acceptors (Lipinski definition) is 4. The van der Waals surface area contributed by atoms with Crippen molar-refractivity contribution in [2.45, 2.75) is 46.8 Å². The summed E-state index contributed by atoms with van der Waals surface area (Å²) in [4.78, 5) is 20.5. The molecule has 0 fully saturated rings. The SMILES string of the molecule is CCN(CCNC(=NC)NCc1ccc(C)s1)C(=O)OC(C)(C)C. The van der Waals surface area contributed by atoms with Crippen LogP contribution in [0.25, 0.3) is 0 Å². The number of ether oxygens (including phenoxy) is 1. The molecule has 0 aliphatic rings. The summed E-state index contributed by atoms with van der Waals surface area (Å²) in [5.74, 6) is 0.723. The van der Waals surface area contributed by atoms with E-state index >= 15 is 0 Å². The zero-order chi connectivity index (χ0) is 18.2. The first kappa shape index (κ1) is 20.3. The fourth-order valence-electron chi connectivity index (χ4n) is 1.99. The first-order valence-corrected chi connectivity index (χ1v) is 9.04. The lowest BCUT2D eigenvalue weighted by Gasteiger charge is -2.26. The van der Waals surface area contributed by atoms with E-state index in [2.05, 4.69) is 34.7 Å². The maximum atomic E-state index is 12.1. The van der Waals surface area contributed by atoms with E-state index in [1.807, 2.05) is 27.7 Å². The zero-order valence-corrected chi connectivity index (χ0v) is 16.4. The van der Waals surface area contributed by atoms with E-state index < -0.39 is 5.60 Å². The van der Waals surface area contributed by atoms with E-state index in [9.17, 15) is 4.79 Å². The van der Waals surface area contributed by atoms with Crippen molar-refractivity contribution in [3.8, 4) is 0 Å². The van der Waals surface area contributed by atoms with Gasteiger partial charge in [0, 0.05) is 36.4 Å². The average Bonchev–Trinajstić information content (AvgIpc) is 2.90. The van der Waals surface area contributed by atoms with Gasteiger partial charge in [0.2, 0.25) is 0 Å². The topological polar surface area (TPSA) is 66.0 Å². The predicted molar refractivity (Wildman–Crippen MR) is 101 cm³/mol. The Morgan fingerprint density at radius 2 is 2.04 bits per heavy atom. The van der Waals surface area contributed by atoms with E-state index in [1.165, 1.54) is 9.75 Å². The molecular weight excluding hydrogens is 324 g/mol. The number of amides is 1. The second-order valence-electron chi connectivity index (χ2n) is 6.42. The lowest BCUT2D eigenvalue weighted by atomic mass is 10.2. The second-order valence-corrected chi connectivity index (χ2v) is 7.80. The van der Waals surface area contributed by atoms with Gasteiger partial charge in [0.05, 0.1) is 6.54 Å². The monoisotopic (exact) mass is 354 g/mol. The largest absolute Gasteiger partial charge is 0.444 e. The van der Waals surface area contributed by atoms with Crippen molar-refractivity contribution in [1.82, 2.24) is 15.5 Å². The fourth-order valence-corrected chi connectivity index (χ4v) is 2.82. The van der Waals surface area contributed by atoms with Gasteiger partial charge in [-0.15, -0.1) is 11.3 Å². The maximum Gasteiger partial charge on any atom is 0.410 e. The van der Waals surface area contributed by atoms with Crippen LogP contribution >= 0.6 is 11.3 Å². The van der Waals surface area contributed by atoms with Gasteiger partial charge in [0.1, 0.15) is 5.60 Å². The summed E-state index contributed by atoms with van der Waals surface area (Å²) in [5, 5.41) is 6.50. The summed E-state index contributed by atoms with van der Waals surface area (Å²) >= 11 is 1.77. The average molecular weight is 355 g/mol. The van der Waals surface area contributed by atoms with Gasteiger partial charge in [-0.1, -0.05) is 0 Å². The van der Waals surface area contributed by atoms with Crippen LogP contribution in [-0.2, 0) is 11.3 Å². The minimum Gasteiger partial charge on any atom is -0.444 e. The van der Waals surface area contributed by atoms with Gasteiger partial charge >= 0.3 is 6.09 Å². The summed E-state index contributed by atoms with van der Waals surface area (Å²) < 4.78 is 5.40. The van der Waals surface area contributed by atoms with Gasteiger partial charge in [0.25, 0.3) is 0 Å². The van der Waals surface area contributed by atoms with E-state index in [0.29, 0.717) is 19.6 Å². The Balaban J connectivity index is 2.38. The number of aliphatic imine (C=N–C) groups is 1. The minimum atomic E-state index is -0.478. The molecule has 0 aliphatic carbocycles. The quantitative estimate of drug-likeness (QED) is 0.609. The van der Waals surface area contributed by atoms with Crippen LogP contribution in [-0.4, -0.2) is 49.2 Å². The fraction of sp³-hybridized carbons (Fsp3) is 0.647. The first-order chi connectivity index (χ1) is 11.2. The van der Waals surface area contributed by atoms with Crippen LogP contribution in [0.5, 0.6) is 0 Å². The number of hydrogen-bond donors (Lipinski definition) is 2. The highest BCUT2D eigenvalue weighted by Crippen LogP contribution is 2.14. The summed E-state index contributed by atoms with van der Waals surface area (Å²) in [5.41, 5.74) is -0.478. The highest BCUT2D eigenvalue weighted by atomic mass is 32.1. The smallest absolute Gasteiger partial charge is 0.410 e. The Hall–Kier alpha value is -1.76. The molecule has 0 radical (unpaired) electrons. The van der Waals surface area contributed by atoms with Gasteiger partial charge in [-0.3, -0.25) is 4.99 Å². The molecule has 0 unspecified atom stereocenters. The van der Waals surface area contributed by atoms with E-state index in [4.69, 9.17) is 4.74 Å². The van der Waals surface area contributed by atoms with Crippen LogP contribution < -0.4 is 10.6 Å². The van der Waals surface area contributed by atoms with Crippen LogP contribution in [0.1, 0.15) is 37.4 Å². The Labute approximate surface area is 149 Å². The zero-order valence-electron chi connectivity index (χ0n) is 15.6. The number of nitrogens with zero attached hydrogens (tertiary/aromatic N) is 2. The number of thiophene rings is 1. The standard InChI is InChI=1S/C17H30N4O2S/c1-7-21(16(22)23-17(3,4)5)11-10-19-15(18-6)20-12-14-9-8-13(2)24-14/h8-9H,7,10-12H2,1-6H3,(H2,18,19,20).